The van der Waals surface area contributed by atoms with E-state index >= 15 is 0 Å². The molecule has 0 spiro atoms. The quantitative estimate of drug-likeness (QED) is 0.497. The number of benzene rings is 2. The molecular weight excluding hydrogens is 397 g/mol. The van der Waals surface area contributed by atoms with Gasteiger partial charge in [-0.2, -0.15) is 0 Å². The van der Waals surface area contributed by atoms with Gasteiger partial charge in [0.2, 0.25) is 0 Å². The second-order valence-electron chi connectivity index (χ2n) is 6.56. The second kappa shape index (κ2) is 10.5. The molecule has 0 heterocycles. The topological polar surface area (TPSA) is 30.5 Å². The lowest BCUT2D eigenvalue weighted by Gasteiger charge is -2.16. The SMILES string of the molecule is CCOc1cc(CNCCC(C)C)c(Br)cc1OCc1ccccc1F. The maximum Gasteiger partial charge on any atom is 0.162 e. The van der Waals surface area contributed by atoms with Crippen LogP contribution in [0.5, 0.6) is 11.5 Å². The zero-order chi connectivity index (χ0) is 18.9. The number of halogens is 2. The number of hydrogen-bond acceptors (Lipinski definition) is 3. The van der Waals surface area contributed by atoms with Crippen molar-refractivity contribution < 1.29 is 13.9 Å². The van der Waals surface area contributed by atoms with Crippen LogP contribution in [-0.2, 0) is 13.2 Å². The molecule has 2 rings (SSSR count). The van der Waals surface area contributed by atoms with Crippen molar-refractivity contribution in [3.8, 4) is 11.5 Å². The van der Waals surface area contributed by atoms with Crippen LogP contribution in [0.15, 0.2) is 40.9 Å². The zero-order valence-electron chi connectivity index (χ0n) is 15.6. The summed E-state index contributed by atoms with van der Waals surface area (Å²) in [5.41, 5.74) is 1.63. The van der Waals surface area contributed by atoms with Gasteiger partial charge in [-0.15, -0.1) is 0 Å². The minimum atomic E-state index is -0.268. The molecule has 3 nitrogen and oxygen atoms in total. The van der Waals surface area contributed by atoms with Crippen LogP contribution in [0.1, 0.15) is 38.3 Å². The van der Waals surface area contributed by atoms with Crippen molar-refractivity contribution in [2.75, 3.05) is 13.2 Å². The van der Waals surface area contributed by atoms with Gasteiger partial charge in [-0.05, 0) is 49.6 Å². The van der Waals surface area contributed by atoms with Gasteiger partial charge in [0.05, 0.1) is 6.61 Å². The smallest absolute Gasteiger partial charge is 0.162 e. The van der Waals surface area contributed by atoms with Gasteiger partial charge in [-0.25, -0.2) is 4.39 Å². The Labute approximate surface area is 164 Å². The third kappa shape index (κ3) is 6.29. The number of ether oxygens (including phenoxy) is 2. The number of nitrogens with one attached hydrogen (secondary N) is 1. The monoisotopic (exact) mass is 423 g/mol. The number of rotatable bonds is 10. The van der Waals surface area contributed by atoms with E-state index in [2.05, 4.69) is 35.1 Å². The average Bonchev–Trinajstić information content (AvgIpc) is 2.60. The van der Waals surface area contributed by atoms with Gasteiger partial charge in [0.1, 0.15) is 12.4 Å². The van der Waals surface area contributed by atoms with Crippen molar-refractivity contribution in [2.45, 2.75) is 40.3 Å². The minimum absolute atomic E-state index is 0.158. The summed E-state index contributed by atoms with van der Waals surface area (Å²) in [4.78, 5) is 0. The fraction of sp³-hybridized carbons (Fsp3) is 0.429. The van der Waals surface area contributed by atoms with Crippen molar-refractivity contribution >= 4 is 15.9 Å². The molecule has 0 saturated heterocycles. The molecular formula is C21H27BrFNO2. The predicted octanol–water partition coefficient (Wildman–Crippen LogP) is 5.70. The Morgan fingerprint density at radius 1 is 1.08 bits per heavy atom. The van der Waals surface area contributed by atoms with Crippen LogP contribution in [0.2, 0.25) is 0 Å². The van der Waals surface area contributed by atoms with E-state index in [1.807, 2.05) is 19.1 Å². The standard InChI is InChI=1S/C21H27BrFNO2/c1-4-25-20-11-17(13-24-10-9-15(2)3)18(22)12-21(20)26-14-16-7-5-6-8-19(16)23/h5-8,11-12,15,24H,4,9-10,13-14H2,1-3H3. The Bertz CT molecular complexity index is 706. The summed E-state index contributed by atoms with van der Waals surface area (Å²) in [6.07, 6.45) is 1.14. The lowest BCUT2D eigenvalue weighted by Crippen LogP contribution is -2.16. The van der Waals surface area contributed by atoms with Crippen molar-refractivity contribution in [1.82, 2.24) is 5.32 Å². The van der Waals surface area contributed by atoms with E-state index in [1.54, 1.807) is 18.2 Å². The van der Waals surface area contributed by atoms with Crippen LogP contribution in [0.3, 0.4) is 0 Å². The van der Waals surface area contributed by atoms with Gasteiger partial charge >= 0.3 is 0 Å². The van der Waals surface area contributed by atoms with Crippen molar-refractivity contribution in [3.05, 3.63) is 57.8 Å². The summed E-state index contributed by atoms with van der Waals surface area (Å²) in [6, 6.07) is 10.5. The highest BCUT2D eigenvalue weighted by atomic mass is 79.9. The third-order valence-electron chi connectivity index (χ3n) is 3.97. The first-order valence-corrected chi connectivity index (χ1v) is 9.82. The lowest BCUT2D eigenvalue weighted by atomic mass is 10.1. The molecule has 1 N–H and O–H groups in total. The largest absolute Gasteiger partial charge is 0.490 e. The molecule has 0 saturated carbocycles. The van der Waals surface area contributed by atoms with E-state index in [1.165, 1.54) is 6.07 Å². The average molecular weight is 424 g/mol. The molecule has 0 amide bonds. The minimum Gasteiger partial charge on any atom is -0.490 e. The summed E-state index contributed by atoms with van der Waals surface area (Å²) in [7, 11) is 0. The Kier molecular flexibility index (Phi) is 8.39. The third-order valence-corrected chi connectivity index (χ3v) is 4.71. The molecule has 0 aromatic heterocycles. The summed E-state index contributed by atoms with van der Waals surface area (Å²) in [5, 5.41) is 3.45. The fourth-order valence-electron chi connectivity index (χ4n) is 2.48. The van der Waals surface area contributed by atoms with Gasteiger partial charge < -0.3 is 14.8 Å². The lowest BCUT2D eigenvalue weighted by molar-refractivity contribution is 0.265. The van der Waals surface area contributed by atoms with Crippen molar-refractivity contribution in [3.63, 3.8) is 0 Å². The molecule has 5 heteroatoms. The molecule has 2 aromatic carbocycles. The van der Waals surface area contributed by atoms with Gasteiger partial charge in [-0.3, -0.25) is 0 Å². The first kappa shape index (κ1) is 20.7. The van der Waals surface area contributed by atoms with Crippen LogP contribution in [0.25, 0.3) is 0 Å². The molecule has 0 aliphatic heterocycles. The van der Waals surface area contributed by atoms with Crippen LogP contribution >= 0.6 is 15.9 Å². The molecule has 142 valence electrons. The maximum atomic E-state index is 13.8. The van der Waals surface area contributed by atoms with Gasteiger partial charge in [-0.1, -0.05) is 48.0 Å². The molecule has 0 atom stereocenters. The highest BCUT2D eigenvalue weighted by Gasteiger charge is 2.12. The Balaban J connectivity index is 2.08. The maximum absolute atomic E-state index is 13.8. The van der Waals surface area contributed by atoms with Crippen LogP contribution in [-0.4, -0.2) is 13.2 Å². The molecule has 0 bridgehead atoms. The second-order valence-corrected chi connectivity index (χ2v) is 7.42. The predicted molar refractivity (Wildman–Crippen MR) is 107 cm³/mol. The van der Waals surface area contributed by atoms with Crippen molar-refractivity contribution in [1.29, 1.82) is 0 Å². The summed E-state index contributed by atoms with van der Waals surface area (Å²) in [6.45, 7) is 8.78. The normalized spacial score (nSPS) is 11.0. The molecule has 26 heavy (non-hydrogen) atoms. The first-order valence-electron chi connectivity index (χ1n) is 9.03. The van der Waals surface area contributed by atoms with Crippen LogP contribution in [0, 0.1) is 11.7 Å². The Morgan fingerprint density at radius 2 is 1.81 bits per heavy atom. The van der Waals surface area contributed by atoms with E-state index in [-0.39, 0.29) is 12.4 Å². The van der Waals surface area contributed by atoms with E-state index in [0.717, 1.165) is 29.5 Å². The highest BCUT2D eigenvalue weighted by Crippen LogP contribution is 2.34. The van der Waals surface area contributed by atoms with Gasteiger partial charge in [0.15, 0.2) is 11.5 Å². The van der Waals surface area contributed by atoms with Crippen molar-refractivity contribution in [2.24, 2.45) is 5.92 Å². The van der Waals surface area contributed by atoms with E-state index in [0.29, 0.717) is 29.6 Å². The Hall–Kier alpha value is -1.59. The van der Waals surface area contributed by atoms with Crippen LogP contribution < -0.4 is 14.8 Å². The van der Waals surface area contributed by atoms with E-state index in [9.17, 15) is 4.39 Å². The molecule has 0 aliphatic rings. The van der Waals surface area contributed by atoms with Gasteiger partial charge in [0.25, 0.3) is 0 Å². The molecule has 0 fully saturated rings. The summed E-state index contributed by atoms with van der Waals surface area (Å²) >= 11 is 3.60. The summed E-state index contributed by atoms with van der Waals surface area (Å²) in [5.74, 6) is 1.69. The van der Waals surface area contributed by atoms with Gasteiger partial charge in [0, 0.05) is 16.6 Å². The molecule has 2 aromatic rings. The highest BCUT2D eigenvalue weighted by molar-refractivity contribution is 9.10. The molecule has 0 radical (unpaired) electrons. The van der Waals surface area contributed by atoms with E-state index < -0.39 is 0 Å². The van der Waals surface area contributed by atoms with Crippen LogP contribution in [0.4, 0.5) is 4.39 Å². The molecule has 0 aliphatic carbocycles. The Morgan fingerprint density at radius 3 is 2.50 bits per heavy atom. The molecule has 0 unspecified atom stereocenters. The first-order chi connectivity index (χ1) is 12.5. The number of hydrogen-bond donors (Lipinski definition) is 1. The zero-order valence-corrected chi connectivity index (χ0v) is 17.2. The van der Waals surface area contributed by atoms with E-state index in [4.69, 9.17) is 9.47 Å². The summed E-state index contributed by atoms with van der Waals surface area (Å²) < 4.78 is 26.3. The fourth-order valence-corrected chi connectivity index (χ4v) is 2.94.